The minimum absolute atomic E-state index is 0.0271. The summed E-state index contributed by atoms with van der Waals surface area (Å²) in [7, 11) is 0. The van der Waals surface area contributed by atoms with Crippen molar-refractivity contribution in [2.75, 3.05) is 0 Å². The zero-order valence-corrected chi connectivity index (χ0v) is 12.5. The van der Waals surface area contributed by atoms with Gasteiger partial charge in [0.15, 0.2) is 0 Å². The van der Waals surface area contributed by atoms with Crippen LogP contribution in [-0.2, 0) is 9.59 Å². The van der Waals surface area contributed by atoms with E-state index in [4.69, 9.17) is 5.11 Å². The molecule has 2 unspecified atom stereocenters. The fourth-order valence-corrected chi connectivity index (χ4v) is 3.02. The SMILES string of the molecule is CC(C)C1c2ccccc2C(=O)N1C(CCC(=O)O)C(=O)O. The lowest BCUT2D eigenvalue weighted by molar-refractivity contribution is -0.144. The number of amides is 1. The van der Waals surface area contributed by atoms with E-state index in [1.165, 1.54) is 4.90 Å². The molecule has 1 aliphatic rings. The van der Waals surface area contributed by atoms with E-state index in [1.807, 2.05) is 26.0 Å². The summed E-state index contributed by atoms with van der Waals surface area (Å²) in [5.74, 6) is -2.56. The van der Waals surface area contributed by atoms with Gasteiger partial charge in [0, 0.05) is 12.0 Å². The zero-order chi connectivity index (χ0) is 16.4. The Morgan fingerprint density at radius 3 is 2.41 bits per heavy atom. The molecule has 0 radical (unpaired) electrons. The second-order valence-corrected chi connectivity index (χ2v) is 5.77. The molecule has 0 aliphatic carbocycles. The molecule has 0 spiro atoms. The first-order valence-electron chi connectivity index (χ1n) is 7.20. The molecule has 6 heteroatoms. The number of carboxylic acids is 2. The van der Waals surface area contributed by atoms with Gasteiger partial charge >= 0.3 is 11.9 Å². The van der Waals surface area contributed by atoms with Crippen LogP contribution in [-0.4, -0.2) is 39.0 Å². The summed E-state index contributed by atoms with van der Waals surface area (Å²) in [5, 5.41) is 18.3. The minimum Gasteiger partial charge on any atom is -0.481 e. The van der Waals surface area contributed by atoms with Gasteiger partial charge in [-0.25, -0.2) is 4.79 Å². The lowest BCUT2D eigenvalue weighted by Gasteiger charge is -2.33. The second-order valence-electron chi connectivity index (χ2n) is 5.77. The highest BCUT2D eigenvalue weighted by Crippen LogP contribution is 2.40. The molecule has 1 heterocycles. The number of carbonyl (C=O) groups excluding carboxylic acids is 1. The number of nitrogens with zero attached hydrogens (tertiary/aromatic N) is 1. The van der Waals surface area contributed by atoms with Crippen molar-refractivity contribution < 1.29 is 24.6 Å². The van der Waals surface area contributed by atoms with Gasteiger partial charge < -0.3 is 15.1 Å². The van der Waals surface area contributed by atoms with Crippen molar-refractivity contribution in [2.24, 2.45) is 5.92 Å². The molecule has 1 aliphatic heterocycles. The number of fused-ring (bicyclic) bond motifs is 1. The van der Waals surface area contributed by atoms with E-state index >= 15 is 0 Å². The smallest absolute Gasteiger partial charge is 0.326 e. The molecule has 2 atom stereocenters. The Morgan fingerprint density at radius 2 is 1.86 bits per heavy atom. The molecule has 118 valence electrons. The van der Waals surface area contributed by atoms with E-state index in [0.29, 0.717) is 5.56 Å². The maximum Gasteiger partial charge on any atom is 0.326 e. The zero-order valence-electron chi connectivity index (χ0n) is 12.5. The van der Waals surface area contributed by atoms with Gasteiger partial charge in [-0.3, -0.25) is 9.59 Å². The second kappa shape index (κ2) is 6.17. The van der Waals surface area contributed by atoms with Crippen molar-refractivity contribution in [3.05, 3.63) is 35.4 Å². The topological polar surface area (TPSA) is 94.9 Å². The van der Waals surface area contributed by atoms with Crippen molar-refractivity contribution >= 4 is 17.8 Å². The van der Waals surface area contributed by atoms with Crippen molar-refractivity contribution in [3.8, 4) is 0 Å². The maximum atomic E-state index is 12.6. The van der Waals surface area contributed by atoms with Gasteiger partial charge in [0.2, 0.25) is 0 Å². The molecule has 2 rings (SSSR count). The first-order valence-corrected chi connectivity index (χ1v) is 7.20. The van der Waals surface area contributed by atoms with Crippen LogP contribution in [0.3, 0.4) is 0 Å². The molecule has 0 bridgehead atoms. The van der Waals surface area contributed by atoms with E-state index in [-0.39, 0.29) is 30.7 Å². The molecule has 0 saturated heterocycles. The first kappa shape index (κ1) is 16.0. The Bertz CT molecular complexity index is 610. The van der Waals surface area contributed by atoms with Gasteiger partial charge in [-0.1, -0.05) is 32.0 Å². The Balaban J connectivity index is 2.41. The Labute approximate surface area is 128 Å². The number of rotatable bonds is 6. The molecule has 2 N–H and O–H groups in total. The van der Waals surface area contributed by atoms with Crippen LogP contribution < -0.4 is 0 Å². The summed E-state index contributed by atoms with van der Waals surface area (Å²) in [6, 6.07) is 5.58. The third-order valence-electron chi connectivity index (χ3n) is 3.93. The van der Waals surface area contributed by atoms with Crippen LogP contribution in [0, 0.1) is 5.92 Å². The van der Waals surface area contributed by atoms with E-state index in [0.717, 1.165) is 5.56 Å². The van der Waals surface area contributed by atoms with Crippen molar-refractivity contribution in [1.82, 2.24) is 4.90 Å². The predicted octanol–water partition coefficient (Wildman–Crippen LogP) is 2.16. The monoisotopic (exact) mass is 305 g/mol. The van der Waals surface area contributed by atoms with Crippen LogP contribution in [0.4, 0.5) is 0 Å². The van der Waals surface area contributed by atoms with Crippen LogP contribution >= 0.6 is 0 Å². The Morgan fingerprint density at radius 1 is 1.23 bits per heavy atom. The van der Waals surface area contributed by atoms with Crippen LogP contribution in [0.15, 0.2) is 24.3 Å². The molecule has 1 aromatic carbocycles. The molecular formula is C16H19NO5. The summed E-state index contributed by atoms with van der Waals surface area (Å²) in [6.07, 6.45) is -0.393. The molecule has 1 aromatic rings. The van der Waals surface area contributed by atoms with Gasteiger partial charge in [-0.15, -0.1) is 0 Å². The third kappa shape index (κ3) is 2.81. The summed E-state index contributed by atoms with van der Waals surface area (Å²) in [6.45, 7) is 3.84. The number of aliphatic carboxylic acids is 2. The first-order chi connectivity index (χ1) is 10.3. The standard InChI is InChI=1S/C16H19NO5/c1-9(2)14-10-5-3-4-6-11(10)15(20)17(14)12(16(21)22)7-8-13(18)19/h3-6,9,12,14H,7-8H2,1-2H3,(H,18,19)(H,21,22). The summed E-state index contributed by atoms with van der Waals surface area (Å²) in [4.78, 5) is 36.3. The quantitative estimate of drug-likeness (QED) is 0.839. The minimum atomic E-state index is -1.17. The number of hydrogen-bond donors (Lipinski definition) is 2. The molecule has 0 fully saturated rings. The molecule has 1 amide bonds. The number of benzene rings is 1. The largest absolute Gasteiger partial charge is 0.481 e. The molecule has 0 saturated carbocycles. The van der Waals surface area contributed by atoms with Gasteiger partial charge in [0.25, 0.3) is 5.91 Å². The average Bonchev–Trinajstić information content (AvgIpc) is 2.73. The molecule has 0 aromatic heterocycles. The number of carbonyl (C=O) groups is 3. The molecular weight excluding hydrogens is 286 g/mol. The van der Waals surface area contributed by atoms with Crippen LogP contribution in [0.1, 0.15) is 48.7 Å². The Hall–Kier alpha value is -2.37. The normalized spacial score (nSPS) is 18.4. The van der Waals surface area contributed by atoms with Crippen LogP contribution in [0.5, 0.6) is 0 Å². The molecule has 6 nitrogen and oxygen atoms in total. The van der Waals surface area contributed by atoms with Crippen molar-refractivity contribution in [2.45, 2.75) is 38.8 Å². The lowest BCUT2D eigenvalue weighted by Crippen LogP contribution is -2.45. The van der Waals surface area contributed by atoms with Crippen LogP contribution in [0.2, 0.25) is 0 Å². The summed E-state index contributed by atoms with van der Waals surface area (Å²) >= 11 is 0. The summed E-state index contributed by atoms with van der Waals surface area (Å²) in [5.41, 5.74) is 1.31. The number of hydrogen-bond acceptors (Lipinski definition) is 3. The highest BCUT2D eigenvalue weighted by molar-refractivity contribution is 6.01. The lowest BCUT2D eigenvalue weighted by atomic mass is 9.94. The summed E-state index contributed by atoms with van der Waals surface area (Å²) < 4.78 is 0. The van der Waals surface area contributed by atoms with Gasteiger partial charge in [-0.2, -0.15) is 0 Å². The third-order valence-corrected chi connectivity index (χ3v) is 3.93. The van der Waals surface area contributed by atoms with Gasteiger partial charge in [-0.05, 0) is 24.0 Å². The average molecular weight is 305 g/mol. The van der Waals surface area contributed by atoms with E-state index in [2.05, 4.69) is 0 Å². The molecule has 22 heavy (non-hydrogen) atoms. The number of carboxylic acid groups (broad SMARTS) is 2. The van der Waals surface area contributed by atoms with Crippen molar-refractivity contribution in [1.29, 1.82) is 0 Å². The van der Waals surface area contributed by atoms with Gasteiger partial charge in [0.1, 0.15) is 6.04 Å². The van der Waals surface area contributed by atoms with E-state index in [1.54, 1.807) is 12.1 Å². The van der Waals surface area contributed by atoms with E-state index < -0.39 is 18.0 Å². The fourth-order valence-electron chi connectivity index (χ4n) is 3.02. The van der Waals surface area contributed by atoms with Gasteiger partial charge in [0.05, 0.1) is 6.04 Å². The van der Waals surface area contributed by atoms with E-state index in [9.17, 15) is 19.5 Å². The predicted molar refractivity (Wildman–Crippen MR) is 78.5 cm³/mol. The maximum absolute atomic E-state index is 12.6. The van der Waals surface area contributed by atoms with Crippen molar-refractivity contribution in [3.63, 3.8) is 0 Å². The highest BCUT2D eigenvalue weighted by Gasteiger charge is 2.44. The highest BCUT2D eigenvalue weighted by atomic mass is 16.4. The van der Waals surface area contributed by atoms with Crippen LogP contribution in [0.25, 0.3) is 0 Å². The Kier molecular flexibility index (Phi) is 4.49. The fraction of sp³-hybridized carbons (Fsp3) is 0.438.